The van der Waals surface area contributed by atoms with Crippen molar-refractivity contribution in [1.29, 1.82) is 0 Å². The van der Waals surface area contributed by atoms with Gasteiger partial charge in [-0.2, -0.15) is 0 Å². The Balaban J connectivity index is 1.15. The molecule has 0 radical (unpaired) electrons. The van der Waals surface area contributed by atoms with Crippen LogP contribution >= 0.6 is 0 Å². The van der Waals surface area contributed by atoms with E-state index in [-0.39, 0.29) is 0 Å². The molecule has 2 aliphatic carbocycles. The van der Waals surface area contributed by atoms with E-state index in [1.165, 1.54) is 71.0 Å². The number of carbonyl (C=O) groups is 1. The Labute approximate surface area is 153 Å². The maximum atomic E-state index is 12.3. The van der Waals surface area contributed by atoms with E-state index < -0.39 is 0 Å². The maximum absolute atomic E-state index is 12.3. The first-order chi connectivity index (χ1) is 12.3. The number of amides is 1. The lowest BCUT2D eigenvalue weighted by atomic mass is 9.94. The van der Waals surface area contributed by atoms with E-state index in [4.69, 9.17) is 0 Å². The molecule has 2 saturated carbocycles. The minimum absolute atomic E-state index is 0.404. The molecule has 4 fully saturated rings. The maximum Gasteiger partial charge on any atom is 0.222 e. The van der Waals surface area contributed by atoms with Crippen LogP contribution in [-0.2, 0) is 4.79 Å². The molecule has 0 bridgehead atoms. The van der Waals surface area contributed by atoms with Crippen molar-refractivity contribution in [1.82, 2.24) is 15.1 Å². The Morgan fingerprint density at radius 1 is 0.840 bits per heavy atom. The summed E-state index contributed by atoms with van der Waals surface area (Å²) in [6.07, 6.45) is 14.1. The fourth-order valence-corrected chi connectivity index (χ4v) is 5.17. The molecule has 2 aliphatic heterocycles. The van der Waals surface area contributed by atoms with E-state index in [1.54, 1.807) is 0 Å². The summed E-state index contributed by atoms with van der Waals surface area (Å²) in [6.45, 7) is 5.81. The average molecular weight is 348 g/mol. The third-order valence-electron chi connectivity index (χ3n) is 7.17. The molecule has 4 nitrogen and oxygen atoms in total. The number of carbonyl (C=O) groups excluding carboxylic acids is 1. The molecule has 4 aliphatic rings. The van der Waals surface area contributed by atoms with Crippen molar-refractivity contribution in [3.05, 3.63) is 0 Å². The van der Waals surface area contributed by atoms with Gasteiger partial charge in [0.15, 0.2) is 0 Å². The van der Waals surface area contributed by atoms with Crippen LogP contribution in [0.4, 0.5) is 0 Å². The van der Waals surface area contributed by atoms with Crippen molar-refractivity contribution in [2.45, 2.75) is 82.7 Å². The lowest BCUT2D eigenvalue weighted by Crippen LogP contribution is -2.43. The zero-order valence-corrected chi connectivity index (χ0v) is 15.9. The van der Waals surface area contributed by atoms with E-state index in [0.29, 0.717) is 11.9 Å². The molecule has 1 amide bonds. The van der Waals surface area contributed by atoms with Gasteiger partial charge in [-0.15, -0.1) is 0 Å². The molecule has 0 aromatic rings. The summed E-state index contributed by atoms with van der Waals surface area (Å²) in [7, 11) is 0. The van der Waals surface area contributed by atoms with Gasteiger partial charge in [-0.05, 0) is 82.8 Å². The van der Waals surface area contributed by atoms with Crippen LogP contribution < -0.4 is 5.32 Å². The monoisotopic (exact) mass is 347 g/mol. The van der Waals surface area contributed by atoms with E-state index in [2.05, 4.69) is 15.1 Å². The molecule has 2 heterocycles. The smallest absolute Gasteiger partial charge is 0.222 e. The van der Waals surface area contributed by atoms with Gasteiger partial charge in [-0.1, -0.05) is 12.8 Å². The molecular formula is C21H37N3O. The van der Waals surface area contributed by atoms with E-state index in [9.17, 15) is 4.79 Å². The predicted octanol–water partition coefficient (Wildman–Crippen LogP) is 3.02. The second kappa shape index (κ2) is 8.39. The van der Waals surface area contributed by atoms with Gasteiger partial charge in [-0.25, -0.2) is 0 Å². The first-order valence-corrected chi connectivity index (χ1v) is 11.0. The van der Waals surface area contributed by atoms with Crippen molar-refractivity contribution in [3.63, 3.8) is 0 Å². The molecule has 25 heavy (non-hydrogen) atoms. The van der Waals surface area contributed by atoms with Crippen LogP contribution in [-0.4, -0.2) is 60.5 Å². The molecular weight excluding hydrogens is 310 g/mol. The van der Waals surface area contributed by atoms with Crippen molar-refractivity contribution >= 4 is 5.91 Å². The number of nitrogens with zero attached hydrogens (tertiary/aromatic N) is 2. The minimum atomic E-state index is 0.404. The van der Waals surface area contributed by atoms with Crippen LogP contribution in [0.25, 0.3) is 0 Å². The fourth-order valence-electron chi connectivity index (χ4n) is 5.17. The molecule has 0 aromatic carbocycles. The molecule has 142 valence electrons. The molecule has 1 N–H and O–H groups in total. The number of hydrogen-bond donors (Lipinski definition) is 1. The van der Waals surface area contributed by atoms with Crippen LogP contribution in [0.15, 0.2) is 0 Å². The molecule has 0 spiro atoms. The lowest BCUT2D eigenvalue weighted by Gasteiger charge is -2.36. The van der Waals surface area contributed by atoms with Gasteiger partial charge in [0.1, 0.15) is 0 Å². The van der Waals surface area contributed by atoms with Crippen molar-refractivity contribution in [2.24, 2.45) is 11.8 Å². The van der Waals surface area contributed by atoms with E-state index in [1.807, 2.05) is 0 Å². The van der Waals surface area contributed by atoms with Crippen LogP contribution in [0, 0.1) is 11.8 Å². The van der Waals surface area contributed by atoms with Gasteiger partial charge >= 0.3 is 0 Å². The summed E-state index contributed by atoms with van der Waals surface area (Å²) in [5.74, 6) is 2.07. The van der Waals surface area contributed by atoms with Gasteiger partial charge < -0.3 is 15.1 Å². The van der Waals surface area contributed by atoms with E-state index in [0.717, 1.165) is 50.2 Å². The predicted molar refractivity (Wildman–Crippen MR) is 101 cm³/mol. The summed E-state index contributed by atoms with van der Waals surface area (Å²) < 4.78 is 0. The highest BCUT2D eigenvalue weighted by molar-refractivity contribution is 5.76. The summed E-state index contributed by atoms with van der Waals surface area (Å²) in [5.41, 5.74) is 0. The zero-order chi connectivity index (χ0) is 17.1. The number of nitrogens with one attached hydrogen (secondary N) is 1. The Kier molecular flexibility index (Phi) is 5.97. The Morgan fingerprint density at radius 2 is 1.60 bits per heavy atom. The molecule has 0 aromatic heterocycles. The number of likely N-dealkylation sites (tertiary alicyclic amines) is 2. The highest BCUT2D eigenvalue weighted by Gasteiger charge is 2.30. The quantitative estimate of drug-likeness (QED) is 0.802. The SMILES string of the molecule is O=C1CC[C@@H](NCC2CCN(C3CCCC3)CC2)CCN1CC1CC1. The Morgan fingerprint density at radius 3 is 2.32 bits per heavy atom. The number of hydrogen-bond acceptors (Lipinski definition) is 3. The van der Waals surface area contributed by atoms with Crippen LogP contribution in [0.3, 0.4) is 0 Å². The topological polar surface area (TPSA) is 35.6 Å². The standard InChI is InChI=1S/C21H37N3O/c25-21-8-7-19(11-14-24(21)16-18-5-6-18)22-15-17-9-12-23(13-10-17)20-3-1-2-4-20/h17-20,22H,1-16H2/t19-/m1/s1. The van der Waals surface area contributed by atoms with Crippen LogP contribution in [0.1, 0.15) is 70.6 Å². The van der Waals surface area contributed by atoms with Gasteiger partial charge in [0.2, 0.25) is 5.91 Å². The largest absolute Gasteiger partial charge is 0.342 e. The van der Waals surface area contributed by atoms with Gasteiger partial charge in [0, 0.05) is 31.6 Å². The van der Waals surface area contributed by atoms with Gasteiger partial charge in [0.25, 0.3) is 0 Å². The molecule has 1 atom stereocenters. The normalized spacial score (nSPS) is 30.8. The summed E-state index contributed by atoms with van der Waals surface area (Å²) in [5, 5.41) is 3.83. The highest BCUT2D eigenvalue weighted by Crippen LogP contribution is 2.31. The third kappa shape index (κ3) is 4.97. The molecule has 4 heteroatoms. The molecule has 2 saturated heterocycles. The number of piperidine rings is 1. The Bertz CT molecular complexity index is 436. The Hall–Kier alpha value is -0.610. The van der Waals surface area contributed by atoms with E-state index >= 15 is 0 Å². The highest BCUT2D eigenvalue weighted by atomic mass is 16.2. The second-order valence-electron chi connectivity index (χ2n) is 9.13. The van der Waals surface area contributed by atoms with Crippen molar-refractivity contribution in [2.75, 3.05) is 32.7 Å². The minimum Gasteiger partial charge on any atom is -0.342 e. The van der Waals surface area contributed by atoms with Crippen molar-refractivity contribution < 1.29 is 4.79 Å². The first kappa shape index (κ1) is 17.8. The molecule has 4 rings (SSSR count). The first-order valence-electron chi connectivity index (χ1n) is 11.0. The van der Waals surface area contributed by atoms with Crippen molar-refractivity contribution in [3.8, 4) is 0 Å². The lowest BCUT2D eigenvalue weighted by molar-refractivity contribution is -0.130. The van der Waals surface area contributed by atoms with Gasteiger partial charge in [-0.3, -0.25) is 4.79 Å². The van der Waals surface area contributed by atoms with Crippen LogP contribution in [0.2, 0.25) is 0 Å². The average Bonchev–Trinajstić information content (AvgIpc) is 3.33. The third-order valence-corrected chi connectivity index (χ3v) is 7.17. The fraction of sp³-hybridized carbons (Fsp3) is 0.952. The summed E-state index contributed by atoms with van der Waals surface area (Å²) >= 11 is 0. The van der Waals surface area contributed by atoms with Crippen LogP contribution in [0.5, 0.6) is 0 Å². The number of rotatable bonds is 6. The zero-order valence-electron chi connectivity index (χ0n) is 15.9. The molecule has 0 unspecified atom stereocenters. The second-order valence-corrected chi connectivity index (χ2v) is 9.13. The summed E-state index contributed by atoms with van der Waals surface area (Å²) in [4.78, 5) is 17.2. The van der Waals surface area contributed by atoms with Gasteiger partial charge in [0.05, 0.1) is 0 Å². The summed E-state index contributed by atoms with van der Waals surface area (Å²) in [6, 6.07) is 1.46.